The molecule has 0 aliphatic heterocycles. The molecule has 58 heavy (non-hydrogen) atoms. The number of carbonyl (C=O) groups is 5. The van der Waals surface area contributed by atoms with Crippen LogP contribution in [-0.2, 0) is 24.0 Å². The van der Waals surface area contributed by atoms with Gasteiger partial charge in [0.15, 0.2) is 0 Å². The first-order valence-corrected chi connectivity index (χ1v) is 19.2. The molecule has 5 aromatic rings. The highest BCUT2D eigenvalue weighted by Crippen LogP contribution is 2.48. The van der Waals surface area contributed by atoms with Crippen LogP contribution in [-0.4, -0.2) is 29.8 Å². The molecule has 0 saturated heterocycles. The summed E-state index contributed by atoms with van der Waals surface area (Å²) in [6.07, 6.45) is 5.20. The lowest BCUT2D eigenvalue weighted by Crippen LogP contribution is -2.15. The maximum absolute atomic E-state index is 12.9. The van der Waals surface area contributed by atoms with Gasteiger partial charge in [-0.05, 0) is 128 Å². The van der Waals surface area contributed by atoms with E-state index in [0.717, 1.165) is 34.0 Å². The Labute approximate surface area is 361 Å². The first kappa shape index (κ1) is 42.7. The van der Waals surface area contributed by atoms with Gasteiger partial charge in [-0.15, -0.1) is 0 Å². The molecule has 290 valence electrons. The van der Waals surface area contributed by atoms with E-state index in [1.807, 2.05) is 12.1 Å². The Hall–Kier alpha value is -6.39. The fourth-order valence-electron chi connectivity index (χ4n) is 5.69. The zero-order chi connectivity index (χ0) is 41.9. The summed E-state index contributed by atoms with van der Waals surface area (Å²) in [5.41, 5.74) is 3.91. The standard InChI is InChI=1S/C46H32I2O10/c1-6-40(49)54-32-17-11-27(12-18-32)29-15-21-38(56-42(51)8-3)34(23-29)45(36-25-31(47)26-37(48)46(36)58-44(53)10-5)35-24-30(16-22-39(35)57-43(52)9-4)28-13-19-33(20-14-28)55-41(50)7-2/h6-26,45H,1-5H2. The van der Waals surface area contributed by atoms with Crippen molar-refractivity contribution in [1.29, 1.82) is 0 Å². The molecule has 0 spiro atoms. The van der Waals surface area contributed by atoms with Gasteiger partial charge in [0.25, 0.3) is 0 Å². The second-order valence-corrected chi connectivity index (χ2v) is 14.3. The molecule has 12 heteroatoms. The molecule has 0 radical (unpaired) electrons. The summed E-state index contributed by atoms with van der Waals surface area (Å²) in [7, 11) is 0. The lowest BCUT2D eigenvalue weighted by Gasteiger charge is -2.26. The van der Waals surface area contributed by atoms with E-state index in [1.54, 1.807) is 84.9 Å². The van der Waals surface area contributed by atoms with Crippen LogP contribution < -0.4 is 23.7 Å². The molecule has 5 rings (SSSR count). The highest BCUT2D eigenvalue weighted by molar-refractivity contribution is 14.1. The highest BCUT2D eigenvalue weighted by atomic mass is 127. The summed E-state index contributed by atoms with van der Waals surface area (Å²) >= 11 is 4.21. The van der Waals surface area contributed by atoms with Crippen LogP contribution in [0.4, 0.5) is 0 Å². The lowest BCUT2D eigenvalue weighted by molar-refractivity contribution is -0.130. The number of hydrogen-bond donors (Lipinski definition) is 0. The number of esters is 5. The lowest BCUT2D eigenvalue weighted by atomic mass is 9.81. The summed E-state index contributed by atoms with van der Waals surface area (Å²) in [6, 6.07) is 27.4. The van der Waals surface area contributed by atoms with Crippen molar-refractivity contribution in [3.8, 4) is 51.0 Å². The van der Waals surface area contributed by atoms with Crippen molar-refractivity contribution in [2.24, 2.45) is 0 Å². The number of carbonyl (C=O) groups excluding carboxylic acids is 5. The van der Waals surface area contributed by atoms with Crippen LogP contribution in [0.25, 0.3) is 22.3 Å². The Morgan fingerprint density at radius 1 is 0.431 bits per heavy atom. The zero-order valence-corrected chi connectivity index (χ0v) is 34.9. The third-order valence-corrected chi connectivity index (χ3v) is 9.68. The number of hydrogen-bond acceptors (Lipinski definition) is 10. The minimum Gasteiger partial charge on any atom is -0.423 e. The molecule has 0 amide bonds. The first-order chi connectivity index (χ1) is 27.9. The second-order valence-electron chi connectivity index (χ2n) is 11.9. The Bertz CT molecular complexity index is 2350. The first-order valence-electron chi connectivity index (χ1n) is 17.1. The summed E-state index contributed by atoms with van der Waals surface area (Å²) in [4.78, 5) is 62.4. The second kappa shape index (κ2) is 19.7. The topological polar surface area (TPSA) is 132 Å². The molecule has 0 bridgehead atoms. The Morgan fingerprint density at radius 2 is 0.793 bits per heavy atom. The molecule has 0 fully saturated rings. The minimum atomic E-state index is -0.989. The normalized spacial score (nSPS) is 10.4. The molecule has 0 aromatic heterocycles. The molecule has 10 nitrogen and oxygen atoms in total. The predicted molar refractivity (Wildman–Crippen MR) is 236 cm³/mol. The van der Waals surface area contributed by atoms with E-state index in [0.29, 0.717) is 54.0 Å². The van der Waals surface area contributed by atoms with Gasteiger partial charge in [-0.1, -0.05) is 69.3 Å². The van der Waals surface area contributed by atoms with Crippen LogP contribution in [0.1, 0.15) is 22.6 Å². The molecule has 0 N–H and O–H groups in total. The molecule has 0 saturated carbocycles. The van der Waals surface area contributed by atoms with E-state index in [9.17, 15) is 24.0 Å². The molecule has 0 atom stereocenters. The number of halogens is 2. The van der Waals surface area contributed by atoms with Gasteiger partial charge < -0.3 is 23.7 Å². The zero-order valence-electron chi connectivity index (χ0n) is 30.6. The fourth-order valence-corrected chi connectivity index (χ4v) is 7.69. The van der Waals surface area contributed by atoms with Gasteiger partial charge in [-0.2, -0.15) is 0 Å². The fraction of sp³-hybridized carbons (Fsp3) is 0.0217. The van der Waals surface area contributed by atoms with E-state index in [1.165, 1.54) is 0 Å². The van der Waals surface area contributed by atoms with Crippen molar-refractivity contribution >= 4 is 75.0 Å². The quantitative estimate of drug-likeness (QED) is 0.0329. The average molecular weight is 999 g/mol. The van der Waals surface area contributed by atoms with Crippen molar-refractivity contribution in [2.75, 3.05) is 0 Å². The largest absolute Gasteiger partial charge is 0.423 e. The van der Waals surface area contributed by atoms with Crippen LogP contribution in [0, 0.1) is 7.14 Å². The van der Waals surface area contributed by atoms with Gasteiger partial charge >= 0.3 is 29.8 Å². The predicted octanol–water partition coefficient (Wildman–Crippen LogP) is 9.87. The van der Waals surface area contributed by atoms with Gasteiger partial charge in [0.2, 0.25) is 0 Å². The van der Waals surface area contributed by atoms with Crippen LogP contribution >= 0.6 is 45.2 Å². The van der Waals surface area contributed by atoms with Crippen molar-refractivity contribution in [3.05, 3.63) is 184 Å². The average Bonchev–Trinajstić information content (AvgIpc) is 3.23. The molecule has 0 aliphatic carbocycles. The smallest absolute Gasteiger partial charge is 0.335 e. The van der Waals surface area contributed by atoms with Crippen LogP contribution in [0.5, 0.6) is 28.7 Å². The third-order valence-electron chi connectivity index (χ3n) is 8.26. The summed E-state index contributed by atoms with van der Waals surface area (Å²) in [5, 5.41) is 0. The van der Waals surface area contributed by atoms with Crippen LogP contribution in [0.15, 0.2) is 160 Å². The SMILES string of the molecule is C=CC(=O)Oc1ccc(-c2ccc(OC(=O)C=C)c(C(c3cc(-c4ccc(OC(=O)C=C)cc4)ccc3OC(=O)C=C)c3cc(I)cc(I)c3OC(=O)C=C)c2)cc1. The number of rotatable bonds is 15. The van der Waals surface area contributed by atoms with E-state index in [2.05, 4.69) is 78.1 Å². The Kier molecular flexibility index (Phi) is 14.5. The summed E-state index contributed by atoms with van der Waals surface area (Å²) < 4.78 is 29.5. The number of benzene rings is 5. The summed E-state index contributed by atoms with van der Waals surface area (Å²) in [6.45, 7) is 17.6. The van der Waals surface area contributed by atoms with E-state index < -0.39 is 35.8 Å². The van der Waals surface area contributed by atoms with Gasteiger partial charge in [-0.25, -0.2) is 24.0 Å². The van der Waals surface area contributed by atoms with E-state index in [-0.39, 0.29) is 17.2 Å². The van der Waals surface area contributed by atoms with Crippen LogP contribution in [0.3, 0.4) is 0 Å². The molecular weight excluding hydrogens is 966 g/mol. The molecule has 5 aromatic carbocycles. The van der Waals surface area contributed by atoms with Crippen LogP contribution in [0.2, 0.25) is 0 Å². The monoisotopic (exact) mass is 998 g/mol. The minimum absolute atomic E-state index is 0.116. The van der Waals surface area contributed by atoms with E-state index in [4.69, 9.17) is 23.7 Å². The molecule has 0 aliphatic rings. The maximum atomic E-state index is 12.9. The Balaban J connectivity index is 1.86. The molecule has 0 heterocycles. The Morgan fingerprint density at radius 3 is 1.19 bits per heavy atom. The molecule has 0 unspecified atom stereocenters. The van der Waals surface area contributed by atoms with Gasteiger partial charge in [0, 0.05) is 56.6 Å². The van der Waals surface area contributed by atoms with Crippen molar-refractivity contribution < 1.29 is 47.7 Å². The van der Waals surface area contributed by atoms with Crippen molar-refractivity contribution in [1.82, 2.24) is 0 Å². The maximum Gasteiger partial charge on any atom is 0.335 e. The van der Waals surface area contributed by atoms with E-state index >= 15 is 0 Å². The van der Waals surface area contributed by atoms with Crippen molar-refractivity contribution in [3.63, 3.8) is 0 Å². The van der Waals surface area contributed by atoms with Gasteiger partial charge in [0.1, 0.15) is 28.7 Å². The van der Waals surface area contributed by atoms with Gasteiger partial charge in [-0.3, -0.25) is 0 Å². The third kappa shape index (κ3) is 10.5. The molecular formula is C46H32I2O10. The summed E-state index contributed by atoms with van der Waals surface area (Å²) in [5.74, 6) is -3.45. The van der Waals surface area contributed by atoms with Crippen molar-refractivity contribution in [2.45, 2.75) is 5.92 Å². The number of ether oxygens (including phenoxy) is 5. The van der Waals surface area contributed by atoms with Gasteiger partial charge in [0.05, 0.1) is 3.57 Å². The highest BCUT2D eigenvalue weighted by Gasteiger charge is 2.31.